The zero-order valence-corrected chi connectivity index (χ0v) is 13.5. The fourth-order valence-corrected chi connectivity index (χ4v) is 0.340. The second-order valence-electron chi connectivity index (χ2n) is 1.72. The molecule has 1 N–H and O–H groups in total. The second-order valence-corrected chi connectivity index (χ2v) is 3.37. The van der Waals surface area contributed by atoms with Gasteiger partial charge in [-0.3, -0.25) is 6.08 Å². The molecule has 1 aliphatic rings. The van der Waals surface area contributed by atoms with Crippen LogP contribution < -0.4 is 0 Å². The number of rotatable bonds is 1. The van der Waals surface area contributed by atoms with E-state index in [1.165, 1.54) is 0 Å². The van der Waals surface area contributed by atoms with Crippen molar-refractivity contribution in [3.8, 4) is 0 Å². The zero-order chi connectivity index (χ0) is 9.66. The SMILES string of the molecule is Cl.Cl.[C-]1=CC=CC1.[CH2-]CCO.[CH3-].[O]=[Ti]=[SiH2]. The Bertz CT molecular complexity index is 157. The predicted octanol–water partition coefficient (Wildman–Crippen LogP) is 1.76. The quantitative estimate of drug-likeness (QED) is 0.592. The van der Waals surface area contributed by atoms with Gasteiger partial charge >= 0.3 is 28.8 Å². The van der Waals surface area contributed by atoms with Crippen molar-refractivity contribution in [2.75, 3.05) is 6.61 Å². The monoisotopic (exact) mass is 305 g/mol. The van der Waals surface area contributed by atoms with Crippen molar-refractivity contribution < 1.29 is 26.3 Å². The van der Waals surface area contributed by atoms with E-state index < -0.39 is 17.9 Å². The Morgan fingerprint density at radius 2 is 1.93 bits per heavy atom. The molecule has 0 atom stereocenters. The van der Waals surface area contributed by atoms with E-state index in [-0.39, 0.29) is 38.8 Å². The average molecular weight is 306 g/mol. The summed E-state index contributed by atoms with van der Waals surface area (Å²) in [6.07, 6.45) is 10.6. The fraction of sp³-hybridized carbons (Fsp3) is 0.333. The van der Waals surface area contributed by atoms with Gasteiger partial charge in [-0.25, -0.2) is 12.2 Å². The molecule has 0 fully saturated rings. The molecule has 0 unspecified atom stereocenters. The van der Waals surface area contributed by atoms with Gasteiger partial charge in [-0.05, 0) is 0 Å². The summed E-state index contributed by atoms with van der Waals surface area (Å²) >= 11 is -0.722. The zero-order valence-electron chi connectivity index (χ0n) is 8.94. The van der Waals surface area contributed by atoms with E-state index in [2.05, 4.69) is 19.1 Å². The molecule has 6 heteroatoms. The van der Waals surface area contributed by atoms with Gasteiger partial charge < -0.3 is 19.5 Å². The minimum atomic E-state index is -0.722. The van der Waals surface area contributed by atoms with Crippen LogP contribution >= 0.6 is 24.8 Å². The number of aliphatic hydroxyl groups is 1. The molecule has 0 aromatic heterocycles. The normalized spacial score (nSPS) is 8.40. The van der Waals surface area contributed by atoms with Gasteiger partial charge in [-0.2, -0.15) is 12.5 Å². The summed E-state index contributed by atoms with van der Waals surface area (Å²) in [5.41, 5.74) is 0. The molecule has 1 aliphatic carbocycles. The van der Waals surface area contributed by atoms with Crippen LogP contribution in [0.1, 0.15) is 12.8 Å². The first-order valence-electron chi connectivity index (χ1n) is 3.59. The first-order chi connectivity index (χ1) is 5.83. The summed E-state index contributed by atoms with van der Waals surface area (Å²) in [7, 11) is 1.54. The van der Waals surface area contributed by atoms with Gasteiger partial charge in [0.05, 0.1) is 0 Å². The van der Waals surface area contributed by atoms with Gasteiger partial charge in [0.25, 0.3) is 0 Å². The van der Waals surface area contributed by atoms with Crippen molar-refractivity contribution >= 4 is 32.4 Å². The molecular weight excluding hydrogens is 287 g/mol. The molecule has 0 spiro atoms. The Hall–Kier alpha value is 0.751. The van der Waals surface area contributed by atoms with E-state index >= 15 is 0 Å². The summed E-state index contributed by atoms with van der Waals surface area (Å²) in [6, 6.07) is 0. The molecule has 15 heavy (non-hydrogen) atoms. The fourth-order valence-electron chi connectivity index (χ4n) is 0.340. The predicted molar refractivity (Wildman–Crippen MR) is 68.8 cm³/mol. The van der Waals surface area contributed by atoms with Crippen molar-refractivity contribution in [2.24, 2.45) is 0 Å². The molecule has 0 aliphatic heterocycles. The van der Waals surface area contributed by atoms with E-state index in [4.69, 9.17) is 8.43 Å². The maximum atomic E-state index is 9.07. The first kappa shape index (κ1) is 29.7. The summed E-state index contributed by atoms with van der Waals surface area (Å²) in [6.45, 7) is 3.56. The van der Waals surface area contributed by atoms with Gasteiger partial charge in [0.15, 0.2) is 0 Å². The molecule has 92 valence electrons. The van der Waals surface area contributed by atoms with Crippen molar-refractivity contribution in [3.63, 3.8) is 0 Å². The van der Waals surface area contributed by atoms with Crippen molar-refractivity contribution in [1.29, 1.82) is 0 Å². The van der Waals surface area contributed by atoms with Crippen molar-refractivity contribution in [2.45, 2.75) is 12.8 Å². The van der Waals surface area contributed by atoms with Crippen LogP contribution in [0.5, 0.6) is 0 Å². The van der Waals surface area contributed by atoms with E-state index in [0.717, 1.165) is 6.42 Å². The van der Waals surface area contributed by atoms with Gasteiger partial charge in [0, 0.05) is 6.61 Å². The molecule has 0 saturated carbocycles. The van der Waals surface area contributed by atoms with E-state index in [0.29, 0.717) is 6.42 Å². The van der Waals surface area contributed by atoms with Gasteiger partial charge in [0.2, 0.25) is 0 Å². The molecule has 0 heterocycles. The van der Waals surface area contributed by atoms with E-state index in [9.17, 15) is 0 Å². The topological polar surface area (TPSA) is 37.3 Å². The molecule has 0 amide bonds. The molecule has 0 bridgehead atoms. The number of hydrogen-bond acceptors (Lipinski definition) is 2. The molecule has 0 aromatic carbocycles. The molecular formula is C9H19Cl2O2SiTi-3. The van der Waals surface area contributed by atoms with Crippen LogP contribution in [0.15, 0.2) is 18.2 Å². The van der Waals surface area contributed by atoms with Crippen LogP contribution in [-0.2, 0) is 21.2 Å². The van der Waals surface area contributed by atoms with Gasteiger partial charge in [-0.1, -0.05) is 0 Å². The van der Waals surface area contributed by atoms with Crippen LogP contribution in [-0.4, -0.2) is 19.3 Å². The standard InChI is InChI=1S/C5H5.C3H7O.CH3.2ClH.O.H2Si.Ti/c1-2-4-5-3-1;1-2-3-4;;;;;;/h1-3H,4H2;4H,1-3H2;1H3;2*1H;;1H2;/q3*-1;;;;;. The van der Waals surface area contributed by atoms with Gasteiger partial charge in [0.1, 0.15) is 0 Å². The molecule has 2 nitrogen and oxygen atoms in total. The van der Waals surface area contributed by atoms with Gasteiger partial charge in [-0.15, -0.1) is 31.2 Å². The number of aliphatic hydroxyl groups excluding tert-OH is 1. The molecule has 0 radical (unpaired) electrons. The third-order valence-corrected chi connectivity index (χ3v) is 0.744. The Morgan fingerprint density at radius 3 is 2.00 bits per heavy atom. The second kappa shape index (κ2) is 36.4. The molecule has 1 rings (SSSR count). The minimum absolute atomic E-state index is 0. The van der Waals surface area contributed by atoms with Crippen LogP contribution in [0.4, 0.5) is 0 Å². The number of halogens is 2. The maximum absolute atomic E-state index is 9.07. The summed E-state index contributed by atoms with van der Waals surface area (Å²) in [5.74, 6) is 0. The molecule has 0 aromatic rings. The Balaban J connectivity index is -0.0000000313. The Labute approximate surface area is 116 Å². The summed E-state index contributed by atoms with van der Waals surface area (Å²) < 4.78 is 9.07. The average Bonchev–Trinajstić information content (AvgIpc) is 2.62. The van der Waals surface area contributed by atoms with Crippen LogP contribution in [0.2, 0.25) is 0 Å². The number of allylic oxidation sites excluding steroid dienone is 4. The first-order valence-corrected chi connectivity index (χ1v) is 8.25. The van der Waals surface area contributed by atoms with Crippen LogP contribution in [0.25, 0.3) is 0 Å². The van der Waals surface area contributed by atoms with Crippen molar-refractivity contribution in [3.05, 3.63) is 38.7 Å². The summed E-state index contributed by atoms with van der Waals surface area (Å²) in [4.78, 5) is 0. The third kappa shape index (κ3) is 52.6. The molecule has 0 saturated heterocycles. The third-order valence-electron chi connectivity index (χ3n) is 0.744. The Morgan fingerprint density at radius 1 is 1.53 bits per heavy atom. The van der Waals surface area contributed by atoms with Crippen molar-refractivity contribution in [1.82, 2.24) is 0 Å². The Kier molecular flexibility index (Phi) is 72.0. The summed E-state index contributed by atoms with van der Waals surface area (Å²) in [5, 5.41) is 7.81. The van der Waals surface area contributed by atoms with E-state index in [1.54, 1.807) is 7.63 Å². The van der Waals surface area contributed by atoms with Crippen LogP contribution in [0, 0.1) is 20.4 Å². The number of hydrogen-bond donors (Lipinski definition) is 1. The van der Waals surface area contributed by atoms with E-state index in [1.807, 2.05) is 12.2 Å². The van der Waals surface area contributed by atoms with Crippen LogP contribution in [0.3, 0.4) is 0 Å².